The molecule has 7 heteroatoms. The quantitative estimate of drug-likeness (QED) is 0.408. The SMILES string of the molecule is CCNC(=NCCCOC(C)C)NCCC(F)(F)F. The average Bonchev–Trinajstić information content (AvgIpc) is 2.26. The van der Waals surface area contributed by atoms with Crippen molar-refractivity contribution in [2.24, 2.45) is 4.99 Å². The molecular formula is C12H24F3N3O. The van der Waals surface area contributed by atoms with E-state index in [9.17, 15) is 13.2 Å². The molecule has 0 aromatic carbocycles. The van der Waals surface area contributed by atoms with Gasteiger partial charge in [-0.25, -0.2) is 0 Å². The summed E-state index contributed by atoms with van der Waals surface area (Å²) in [4.78, 5) is 4.18. The molecule has 0 saturated heterocycles. The molecule has 0 atom stereocenters. The Morgan fingerprint density at radius 1 is 1.26 bits per heavy atom. The Bertz CT molecular complexity index is 255. The van der Waals surface area contributed by atoms with Gasteiger partial charge in [-0.2, -0.15) is 13.2 Å². The van der Waals surface area contributed by atoms with Gasteiger partial charge in [-0.15, -0.1) is 0 Å². The molecule has 4 nitrogen and oxygen atoms in total. The number of nitrogens with one attached hydrogen (secondary N) is 2. The van der Waals surface area contributed by atoms with Gasteiger partial charge in [0.1, 0.15) is 0 Å². The molecule has 0 aliphatic rings. The minimum Gasteiger partial charge on any atom is -0.379 e. The Hall–Kier alpha value is -0.980. The highest BCUT2D eigenvalue weighted by Crippen LogP contribution is 2.17. The number of halogens is 3. The van der Waals surface area contributed by atoms with Crippen molar-refractivity contribution in [3.63, 3.8) is 0 Å². The average molecular weight is 283 g/mol. The normalized spacial score (nSPS) is 12.9. The molecule has 0 rings (SSSR count). The lowest BCUT2D eigenvalue weighted by Crippen LogP contribution is -2.39. The summed E-state index contributed by atoms with van der Waals surface area (Å²) in [6.07, 6.45) is -4.08. The van der Waals surface area contributed by atoms with Crippen LogP contribution in [0.3, 0.4) is 0 Å². The Morgan fingerprint density at radius 2 is 1.95 bits per heavy atom. The third-order valence-corrected chi connectivity index (χ3v) is 2.07. The summed E-state index contributed by atoms with van der Waals surface area (Å²) in [6, 6.07) is 0. The van der Waals surface area contributed by atoms with Gasteiger partial charge in [0.15, 0.2) is 5.96 Å². The van der Waals surface area contributed by atoms with Crippen molar-refractivity contribution in [2.45, 2.75) is 45.9 Å². The monoisotopic (exact) mass is 283 g/mol. The molecule has 0 unspecified atom stereocenters. The van der Waals surface area contributed by atoms with E-state index in [2.05, 4.69) is 15.6 Å². The highest BCUT2D eigenvalue weighted by Gasteiger charge is 2.26. The summed E-state index contributed by atoms with van der Waals surface area (Å²) >= 11 is 0. The van der Waals surface area contributed by atoms with Crippen molar-refractivity contribution in [2.75, 3.05) is 26.2 Å². The number of nitrogens with zero attached hydrogens (tertiary/aromatic N) is 1. The van der Waals surface area contributed by atoms with Gasteiger partial charge in [0.25, 0.3) is 0 Å². The number of hydrogen-bond acceptors (Lipinski definition) is 2. The zero-order chi connectivity index (χ0) is 14.7. The third-order valence-electron chi connectivity index (χ3n) is 2.07. The molecule has 0 fully saturated rings. The van der Waals surface area contributed by atoms with Crippen molar-refractivity contribution in [1.29, 1.82) is 0 Å². The topological polar surface area (TPSA) is 45.7 Å². The van der Waals surface area contributed by atoms with Crippen molar-refractivity contribution in [3.8, 4) is 0 Å². The maximum atomic E-state index is 12.0. The van der Waals surface area contributed by atoms with E-state index >= 15 is 0 Å². The summed E-state index contributed by atoms with van der Waals surface area (Å²) in [5.41, 5.74) is 0. The van der Waals surface area contributed by atoms with E-state index in [1.807, 2.05) is 20.8 Å². The van der Waals surface area contributed by atoms with Crippen LogP contribution in [0.2, 0.25) is 0 Å². The van der Waals surface area contributed by atoms with Crippen LogP contribution in [0.5, 0.6) is 0 Å². The first-order valence-corrected chi connectivity index (χ1v) is 6.55. The number of alkyl halides is 3. The summed E-state index contributed by atoms with van der Waals surface area (Å²) < 4.78 is 41.4. The van der Waals surface area contributed by atoms with E-state index in [0.717, 1.165) is 6.42 Å². The molecule has 0 aliphatic heterocycles. The molecule has 0 amide bonds. The van der Waals surface area contributed by atoms with Crippen molar-refractivity contribution < 1.29 is 17.9 Å². The van der Waals surface area contributed by atoms with Gasteiger partial charge in [0, 0.05) is 26.2 Å². The Labute approximate surface area is 112 Å². The fourth-order valence-electron chi connectivity index (χ4n) is 1.24. The minimum atomic E-state index is -4.14. The molecule has 0 aromatic heterocycles. The molecular weight excluding hydrogens is 259 g/mol. The molecule has 0 radical (unpaired) electrons. The Morgan fingerprint density at radius 3 is 2.47 bits per heavy atom. The summed E-state index contributed by atoms with van der Waals surface area (Å²) in [6.45, 7) is 7.33. The van der Waals surface area contributed by atoms with Crippen LogP contribution in [0.15, 0.2) is 4.99 Å². The van der Waals surface area contributed by atoms with Crippen LogP contribution >= 0.6 is 0 Å². The fourth-order valence-corrected chi connectivity index (χ4v) is 1.24. The Balaban J connectivity index is 3.88. The van der Waals surface area contributed by atoms with E-state index in [1.54, 1.807) is 0 Å². The molecule has 2 N–H and O–H groups in total. The summed E-state index contributed by atoms with van der Waals surface area (Å²) in [7, 11) is 0. The zero-order valence-electron chi connectivity index (χ0n) is 11.8. The Kier molecular flexibility index (Phi) is 9.38. The lowest BCUT2D eigenvalue weighted by molar-refractivity contribution is -0.132. The standard InChI is InChI=1S/C12H24F3N3O/c1-4-16-11(18-8-6-12(13,14)15)17-7-5-9-19-10(2)3/h10H,4-9H2,1-3H3,(H2,16,17,18). The van der Waals surface area contributed by atoms with Crippen LogP contribution < -0.4 is 10.6 Å². The van der Waals surface area contributed by atoms with Crippen molar-refractivity contribution in [3.05, 3.63) is 0 Å². The largest absolute Gasteiger partial charge is 0.390 e. The first-order valence-electron chi connectivity index (χ1n) is 6.55. The first kappa shape index (κ1) is 18.0. The number of aliphatic imine (C=N–C) groups is 1. The molecule has 0 spiro atoms. The van der Waals surface area contributed by atoms with Gasteiger partial charge in [-0.1, -0.05) is 0 Å². The van der Waals surface area contributed by atoms with Crippen LogP contribution in [0.1, 0.15) is 33.6 Å². The predicted octanol–water partition coefficient (Wildman–Crippen LogP) is 2.31. The lowest BCUT2D eigenvalue weighted by atomic mass is 10.4. The van der Waals surface area contributed by atoms with E-state index < -0.39 is 12.6 Å². The lowest BCUT2D eigenvalue weighted by Gasteiger charge is -2.12. The summed E-state index contributed by atoms with van der Waals surface area (Å²) in [5, 5.41) is 5.55. The smallest absolute Gasteiger partial charge is 0.379 e. The number of rotatable bonds is 8. The van der Waals surface area contributed by atoms with Crippen LogP contribution in [-0.2, 0) is 4.74 Å². The fraction of sp³-hybridized carbons (Fsp3) is 0.917. The highest BCUT2D eigenvalue weighted by molar-refractivity contribution is 5.79. The molecule has 0 bridgehead atoms. The van der Waals surface area contributed by atoms with Crippen LogP contribution in [0, 0.1) is 0 Å². The van der Waals surface area contributed by atoms with Crippen molar-refractivity contribution in [1.82, 2.24) is 10.6 Å². The number of ether oxygens (including phenoxy) is 1. The second kappa shape index (κ2) is 9.89. The number of hydrogen-bond donors (Lipinski definition) is 2. The second-order valence-electron chi connectivity index (χ2n) is 4.33. The molecule has 0 saturated carbocycles. The maximum absolute atomic E-state index is 12.0. The minimum absolute atomic E-state index is 0.169. The van der Waals surface area contributed by atoms with E-state index in [4.69, 9.17) is 4.74 Å². The van der Waals surface area contributed by atoms with Crippen LogP contribution in [0.4, 0.5) is 13.2 Å². The predicted molar refractivity (Wildman–Crippen MR) is 70.4 cm³/mol. The highest BCUT2D eigenvalue weighted by atomic mass is 19.4. The van der Waals surface area contributed by atoms with Gasteiger partial charge in [0.05, 0.1) is 12.5 Å². The van der Waals surface area contributed by atoms with Crippen LogP contribution in [0.25, 0.3) is 0 Å². The van der Waals surface area contributed by atoms with Gasteiger partial charge >= 0.3 is 6.18 Å². The third kappa shape index (κ3) is 13.3. The zero-order valence-corrected chi connectivity index (χ0v) is 11.8. The van der Waals surface area contributed by atoms with Crippen molar-refractivity contribution >= 4 is 5.96 Å². The van der Waals surface area contributed by atoms with Gasteiger partial charge < -0.3 is 15.4 Å². The molecule has 19 heavy (non-hydrogen) atoms. The van der Waals surface area contributed by atoms with Gasteiger partial charge in [-0.05, 0) is 27.2 Å². The molecule has 114 valence electrons. The van der Waals surface area contributed by atoms with Crippen LogP contribution in [-0.4, -0.2) is 44.5 Å². The van der Waals surface area contributed by atoms with E-state index in [0.29, 0.717) is 25.7 Å². The van der Waals surface area contributed by atoms with Gasteiger partial charge in [-0.3, -0.25) is 4.99 Å². The summed E-state index contributed by atoms with van der Waals surface area (Å²) in [5.74, 6) is 0.413. The molecule has 0 aromatic rings. The van der Waals surface area contributed by atoms with E-state index in [-0.39, 0.29) is 12.6 Å². The number of guanidine groups is 1. The maximum Gasteiger partial charge on any atom is 0.390 e. The first-order chi connectivity index (χ1) is 8.85. The second-order valence-corrected chi connectivity index (χ2v) is 4.33. The van der Waals surface area contributed by atoms with Gasteiger partial charge in [0.2, 0.25) is 0 Å². The molecule has 0 aliphatic carbocycles. The molecule has 0 heterocycles. The van der Waals surface area contributed by atoms with E-state index in [1.165, 1.54) is 0 Å².